The minimum absolute atomic E-state index is 0.241. The van der Waals surface area contributed by atoms with Crippen LogP contribution in [0.3, 0.4) is 0 Å². The summed E-state index contributed by atoms with van der Waals surface area (Å²) < 4.78 is 0. The van der Waals surface area contributed by atoms with Crippen LogP contribution in [0.5, 0.6) is 0 Å². The number of nitriles is 3. The van der Waals surface area contributed by atoms with Gasteiger partial charge in [0.05, 0.1) is 18.2 Å². The monoisotopic (exact) mass is 207 g/mol. The third-order valence-corrected chi connectivity index (χ3v) is 1.33. The molecular weight excluding hydrogens is 186 g/mol. The maximum atomic E-state index is 8.08. The molecule has 0 aromatic carbocycles. The van der Waals surface area contributed by atoms with Crippen LogP contribution in [0.2, 0.25) is 0 Å². The predicted molar refractivity (Wildman–Crippen MR) is 61.4 cm³/mol. The molecule has 0 spiro atoms. The zero-order valence-corrected chi connectivity index (χ0v) is 10.4. The van der Waals surface area contributed by atoms with E-state index in [-0.39, 0.29) is 5.92 Å². The van der Waals surface area contributed by atoms with E-state index in [1.807, 2.05) is 27.7 Å². The molecule has 0 amide bonds. The Labute approximate surface area is 93.9 Å². The number of rotatable bonds is 2. The molecule has 0 fully saturated rings. The lowest BCUT2D eigenvalue weighted by Gasteiger charge is -1.88. The minimum atomic E-state index is 0.241. The Balaban J connectivity index is -0.000000153. The van der Waals surface area contributed by atoms with Crippen LogP contribution in [0.15, 0.2) is 0 Å². The molecule has 0 aromatic heterocycles. The molecule has 0 aromatic rings. The highest BCUT2D eigenvalue weighted by Gasteiger charge is 1.88. The van der Waals surface area contributed by atoms with Crippen LogP contribution in [0.25, 0.3) is 0 Å². The van der Waals surface area contributed by atoms with Crippen LogP contribution in [-0.4, -0.2) is 0 Å². The van der Waals surface area contributed by atoms with Gasteiger partial charge in [-0.1, -0.05) is 20.8 Å². The van der Waals surface area contributed by atoms with E-state index in [4.69, 9.17) is 15.8 Å². The Morgan fingerprint density at radius 1 is 1.07 bits per heavy atom. The van der Waals surface area contributed by atoms with Gasteiger partial charge in [0.2, 0.25) is 0 Å². The van der Waals surface area contributed by atoms with E-state index in [0.29, 0.717) is 12.3 Å². The first-order chi connectivity index (χ1) is 6.99. The maximum Gasteiger partial charge on any atom is 0.0652 e. The molecule has 1 unspecified atom stereocenters. The normalized spacial score (nSPS) is 9.00. The Kier molecular flexibility index (Phi) is 23.3. The average molecular weight is 207 g/mol. The average Bonchev–Trinajstić information content (AvgIpc) is 2.18. The van der Waals surface area contributed by atoms with E-state index in [1.54, 1.807) is 6.07 Å². The zero-order valence-electron chi connectivity index (χ0n) is 10.4. The van der Waals surface area contributed by atoms with Crippen molar-refractivity contribution in [3.05, 3.63) is 0 Å². The zero-order chi connectivity index (χ0) is 12.7. The summed E-state index contributed by atoms with van der Waals surface area (Å²) in [6.45, 7) is 9.42. The van der Waals surface area contributed by atoms with E-state index in [2.05, 4.69) is 12.1 Å². The molecule has 0 radical (unpaired) electrons. The van der Waals surface area contributed by atoms with Crippen molar-refractivity contribution in [1.29, 1.82) is 15.8 Å². The van der Waals surface area contributed by atoms with Gasteiger partial charge in [-0.25, -0.2) is 0 Å². The summed E-state index contributed by atoms with van der Waals surface area (Å²) in [7, 11) is 0. The molecule has 0 aliphatic rings. The van der Waals surface area contributed by atoms with Crippen LogP contribution >= 0.6 is 0 Å². The summed E-state index contributed by atoms with van der Waals surface area (Å²) in [5.41, 5.74) is 0. The predicted octanol–water partition coefficient (Wildman–Crippen LogP) is 3.64. The Hall–Kier alpha value is -1.53. The van der Waals surface area contributed by atoms with Crippen molar-refractivity contribution < 1.29 is 0 Å². The number of hydrogen-bond acceptors (Lipinski definition) is 3. The van der Waals surface area contributed by atoms with Gasteiger partial charge >= 0.3 is 0 Å². The van der Waals surface area contributed by atoms with Crippen LogP contribution < -0.4 is 0 Å². The highest BCUT2D eigenvalue weighted by atomic mass is 14.2. The van der Waals surface area contributed by atoms with Crippen molar-refractivity contribution in [3.63, 3.8) is 0 Å². The number of hydrogen-bond donors (Lipinski definition) is 0. The first-order valence-electron chi connectivity index (χ1n) is 5.07. The van der Waals surface area contributed by atoms with Crippen molar-refractivity contribution in [3.8, 4) is 18.2 Å². The van der Waals surface area contributed by atoms with E-state index in [9.17, 15) is 0 Å². The molecule has 0 heterocycles. The Morgan fingerprint density at radius 2 is 1.47 bits per heavy atom. The standard InChI is InChI=1S/2C5H9N.C2H3N/c1-5(2)3-4-6;1-3-5(2)4-6;1-2-3/h2*5H,3H2,1-2H3;1H3. The second-order valence-corrected chi connectivity index (χ2v) is 3.42. The van der Waals surface area contributed by atoms with Gasteiger partial charge in [0, 0.05) is 19.3 Å². The number of nitrogens with zero attached hydrogens (tertiary/aromatic N) is 3. The van der Waals surface area contributed by atoms with Gasteiger partial charge < -0.3 is 0 Å². The molecule has 0 saturated heterocycles. The molecule has 0 aliphatic heterocycles. The largest absolute Gasteiger partial charge is 0.199 e. The SMILES string of the molecule is CC#N.CC(C)CC#N.CCC(C)C#N. The van der Waals surface area contributed by atoms with Crippen LogP contribution in [-0.2, 0) is 0 Å². The second kappa shape index (κ2) is 18.3. The lowest BCUT2D eigenvalue weighted by molar-refractivity contribution is 0.671. The van der Waals surface area contributed by atoms with E-state index in [1.165, 1.54) is 6.92 Å². The molecule has 0 aliphatic carbocycles. The van der Waals surface area contributed by atoms with Gasteiger partial charge in [-0.2, -0.15) is 15.8 Å². The molecule has 0 bridgehead atoms. The van der Waals surface area contributed by atoms with Crippen molar-refractivity contribution in [1.82, 2.24) is 0 Å². The quantitative estimate of drug-likeness (QED) is 0.694. The highest BCUT2D eigenvalue weighted by Crippen LogP contribution is 1.94. The lowest BCUT2D eigenvalue weighted by Crippen LogP contribution is -1.81. The summed E-state index contributed by atoms with van der Waals surface area (Å²) in [6.07, 6.45) is 1.65. The fraction of sp³-hybridized carbons (Fsp3) is 0.750. The van der Waals surface area contributed by atoms with Crippen LogP contribution in [0, 0.1) is 45.8 Å². The topological polar surface area (TPSA) is 71.4 Å². The molecule has 15 heavy (non-hydrogen) atoms. The molecule has 3 nitrogen and oxygen atoms in total. The summed E-state index contributed by atoms with van der Waals surface area (Å²) >= 11 is 0. The first-order valence-corrected chi connectivity index (χ1v) is 5.07. The van der Waals surface area contributed by atoms with Crippen LogP contribution in [0.1, 0.15) is 47.5 Å². The summed E-state index contributed by atoms with van der Waals surface area (Å²) in [5.74, 6) is 0.778. The molecule has 0 saturated carbocycles. The van der Waals surface area contributed by atoms with Gasteiger partial charge in [-0.3, -0.25) is 0 Å². The third-order valence-electron chi connectivity index (χ3n) is 1.33. The first kappa shape index (κ1) is 19.1. The smallest absolute Gasteiger partial charge is 0.0652 e. The lowest BCUT2D eigenvalue weighted by atomic mass is 10.2. The fourth-order valence-corrected chi connectivity index (χ4v) is 0.274. The molecule has 84 valence electrons. The highest BCUT2D eigenvalue weighted by molar-refractivity contribution is 4.76. The van der Waals surface area contributed by atoms with Crippen molar-refractivity contribution in [2.75, 3.05) is 0 Å². The van der Waals surface area contributed by atoms with Gasteiger partial charge in [-0.05, 0) is 19.3 Å². The van der Waals surface area contributed by atoms with Crippen LogP contribution in [0.4, 0.5) is 0 Å². The maximum absolute atomic E-state index is 8.08. The van der Waals surface area contributed by atoms with E-state index in [0.717, 1.165) is 6.42 Å². The van der Waals surface area contributed by atoms with Gasteiger partial charge in [0.25, 0.3) is 0 Å². The van der Waals surface area contributed by atoms with Crippen molar-refractivity contribution in [2.45, 2.75) is 47.5 Å². The Bertz CT molecular complexity index is 225. The van der Waals surface area contributed by atoms with Crippen molar-refractivity contribution in [2.24, 2.45) is 11.8 Å². The minimum Gasteiger partial charge on any atom is -0.199 e. The fourth-order valence-electron chi connectivity index (χ4n) is 0.274. The summed E-state index contributed by atoms with van der Waals surface area (Å²) in [6, 6.07) is 5.93. The third kappa shape index (κ3) is 45.7. The van der Waals surface area contributed by atoms with Gasteiger partial charge in [0.1, 0.15) is 0 Å². The van der Waals surface area contributed by atoms with Gasteiger partial charge in [-0.15, -0.1) is 0 Å². The molecule has 3 heteroatoms. The van der Waals surface area contributed by atoms with E-state index >= 15 is 0 Å². The second-order valence-electron chi connectivity index (χ2n) is 3.42. The molecular formula is C12H21N3. The summed E-state index contributed by atoms with van der Waals surface area (Å²) in [5, 5.41) is 23.4. The van der Waals surface area contributed by atoms with Crippen molar-refractivity contribution >= 4 is 0 Å². The Morgan fingerprint density at radius 3 is 1.47 bits per heavy atom. The molecule has 0 rings (SSSR count). The molecule has 0 N–H and O–H groups in total. The van der Waals surface area contributed by atoms with Gasteiger partial charge in [0.15, 0.2) is 0 Å². The molecule has 1 atom stereocenters. The summed E-state index contributed by atoms with van der Waals surface area (Å²) in [4.78, 5) is 0. The van der Waals surface area contributed by atoms with E-state index < -0.39 is 0 Å².